The number of aryl methyl sites for hydroxylation is 3. The van der Waals surface area contributed by atoms with E-state index in [-0.39, 0.29) is 29.9 Å². The van der Waals surface area contributed by atoms with E-state index in [0.717, 1.165) is 11.6 Å². The molecule has 0 radical (unpaired) electrons. The number of oxazole rings is 1. The van der Waals surface area contributed by atoms with Crippen molar-refractivity contribution in [1.29, 1.82) is 0 Å². The number of ether oxygens (including phenoxy) is 1. The number of carbonyl (C=O) groups is 1. The molecule has 0 aliphatic carbocycles. The summed E-state index contributed by atoms with van der Waals surface area (Å²) in [6, 6.07) is 0.164. The second-order valence-corrected chi connectivity index (χ2v) is 7.44. The summed E-state index contributed by atoms with van der Waals surface area (Å²) < 4.78 is 13.2. The van der Waals surface area contributed by atoms with Crippen LogP contribution in [0.25, 0.3) is 0 Å². The Morgan fingerprint density at radius 1 is 1.24 bits per heavy atom. The Hall–Kier alpha value is -2.22. The van der Waals surface area contributed by atoms with Crippen LogP contribution in [-0.4, -0.2) is 49.2 Å². The number of hydrogen-bond acceptors (Lipinski definition) is 6. The molecule has 2 aromatic rings. The summed E-state index contributed by atoms with van der Waals surface area (Å²) in [5.74, 6) is 2.19. The Bertz CT molecular complexity index is 781. The summed E-state index contributed by atoms with van der Waals surface area (Å²) in [4.78, 5) is 23.0. The van der Waals surface area contributed by atoms with Gasteiger partial charge in [0.15, 0.2) is 0 Å². The van der Waals surface area contributed by atoms with E-state index in [1.54, 1.807) is 11.8 Å². The minimum absolute atomic E-state index is 0.141. The van der Waals surface area contributed by atoms with Gasteiger partial charge in [-0.15, -0.1) is 0 Å². The fourth-order valence-electron chi connectivity index (χ4n) is 2.79. The van der Waals surface area contributed by atoms with Crippen LogP contribution >= 0.6 is 0 Å². The molecule has 0 saturated carbocycles. The van der Waals surface area contributed by atoms with Crippen molar-refractivity contribution in [2.45, 2.75) is 59.8 Å². The van der Waals surface area contributed by atoms with Crippen molar-refractivity contribution in [2.75, 3.05) is 13.1 Å². The number of rotatable bonds is 4. The van der Waals surface area contributed by atoms with Crippen LogP contribution < -0.4 is 0 Å². The number of likely N-dealkylation sites (tertiary alicyclic amines) is 1. The normalized spacial score (nSPS) is 15.5. The molecule has 8 nitrogen and oxygen atoms in total. The van der Waals surface area contributed by atoms with Gasteiger partial charge in [-0.2, -0.15) is 5.10 Å². The molecule has 1 aliphatic heterocycles. The van der Waals surface area contributed by atoms with Crippen LogP contribution in [0.2, 0.25) is 0 Å². The van der Waals surface area contributed by atoms with Crippen LogP contribution in [-0.2, 0) is 11.3 Å². The Morgan fingerprint density at radius 3 is 2.48 bits per heavy atom. The Labute approximate surface area is 147 Å². The number of nitrogens with zero attached hydrogens (tertiary/aromatic N) is 5. The molecule has 0 N–H and O–H groups in total. The highest BCUT2D eigenvalue weighted by molar-refractivity contribution is 5.93. The highest BCUT2D eigenvalue weighted by atomic mass is 16.5. The summed E-state index contributed by atoms with van der Waals surface area (Å²) in [5, 5.41) is 4.38. The van der Waals surface area contributed by atoms with E-state index < -0.39 is 0 Å². The highest BCUT2D eigenvalue weighted by Gasteiger charge is 2.36. The maximum Gasteiger partial charge on any atom is 0.291 e. The van der Waals surface area contributed by atoms with Gasteiger partial charge in [-0.25, -0.2) is 14.6 Å². The van der Waals surface area contributed by atoms with Crippen molar-refractivity contribution in [2.24, 2.45) is 0 Å². The van der Waals surface area contributed by atoms with E-state index in [9.17, 15) is 4.79 Å². The summed E-state index contributed by atoms with van der Waals surface area (Å²) in [5.41, 5.74) is 0.305. The predicted octanol–water partition coefficient (Wildman–Crippen LogP) is 2.20. The number of hydrogen-bond donors (Lipinski definition) is 0. The lowest BCUT2D eigenvalue weighted by molar-refractivity contribution is -0.0247. The second kappa shape index (κ2) is 6.25. The maximum atomic E-state index is 12.6. The molecule has 3 heterocycles. The van der Waals surface area contributed by atoms with Crippen molar-refractivity contribution < 1.29 is 13.9 Å². The lowest BCUT2D eigenvalue weighted by Gasteiger charge is -2.38. The minimum Gasteiger partial charge on any atom is -0.433 e. The largest absolute Gasteiger partial charge is 0.433 e. The van der Waals surface area contributed by atoms with Crippen LogP contribution in [0.4, 0.5) is 0 Å². The third-order valence-corrected chi connectivity index (χ3v) is 4.07. The van der Waals surface area contributed by atoms with Crippen molar-refractivity contribution >= 4 is 5.91 Å². The third kappa shape index (κ3) is 3.73. The minimum atomic E-state index is -0.287. The summed E-state index contributed by atoms with van der Waals surface area (Å²) >= 11 is 0. The molecule has 136 valence electrons. The monoisotopic (exact) mass is 347 g/mol. The average molecular weight is 347 g/mol. The molecule has 0 bridgehead atoms. The first-order valence-corrected chi connectivity index (χ1v) is 8.43. The zero-order valence-corrected chi connectivity index (χ0v) is 15.7. The van der Waals surface area contributed by atoms with Gasteiger partial charge in [0.2, 0.25) is 11.7 Å². The van der Waals surface area contributed by atoms with E-state index in [0.29, 0.717) is 24.7 Å². The first kappa shape index (κ1) is 17.6. The van der Waals surface area contributed by atoms with Gasteiger partial charge in [0.1, 0.15) is 18.3 Å². The molecule has 3 rings (SSSR count). The van der Waals surface area contributed by atoms with Crippen molar-refractivity contribution in [1.82, 2.24) is 24.6 Å². The van der Waals surface area contributed by atoms with Crippen LogP contribution in [0.3, 0.4) is 0 Å². The fraction of sp³-hybridized carbons (Fsp3) is 0.647. The van der Waals surface area contributed by atoms with Crippen molar-refractivity contribution in [3.63, 3.8) is 0 Å². The SMILES string of the molecule is Cc1nc(C)n(C2CN(C(=O)c3oc(COC(C)(C)C)nc3C)C2)n1. The molecule has 0 unspecified atom stereocenters. The van der Waals surface area contributed by atoms with E-state index in [1.165, 1.54) is 0 Å². The number of amides is 1. The summed E-state index contributed by atoms with van der Waals surface area (Å²) in [7, 11) is 0. The van der Waals surface area contributed by atoms with Gasteiger partial charge < -0.3 is 14.1 Å². The number of aromatic nitrogens is 4. The molecule has 2 aromatic heterocycles. The quantitative estimate of drug-likeness (QED) is 0.843. The first-order chi connectivity index (χ1) is 11.6. The van der Waals surface area contributed by atoms with Crippen LogP contribution in [0.15, 0.2) is 4.42 Å². The molecule has 1 aliphatic rings. The van der Waals surface area contributed by atoms with Crippen molar-refractivity contribution in [3.05, 3.63) is 29.0 Å². The van der Waals surface area contributed by atoms with Gasteiger partial charge in [0.25, 0.3) is 5.91 Å². The molecule has 1 saturated heterocycles. The Kier molecular flexibility index (Phi) is 4.40. The molecule has 0 aromatic carbocycles. The Balaban J connectivity index is 1.63. The number of carbonyl (C=O) groups excluding carboxylic acids is 1. The summed E-state index contributed by atoms with van der Waals surface area (Å²) in [6.07, 6.45) is 0. The zero-order valence-electron chi connectivity index (χ0n) is 15.7. The smallest absolute Gasteiger partial charge is 0.291 e. The van der Waals surface area contributed by atoms with Crippen molar-refractivity contribution in [3.8, 4) is 0 Å². The molecular formula is C17H25N5O3. The van der Waals surface area contributed by atoms with Gasteiger partial charge in [-0.1, -0.05) is 0 Å². The zero-order chi connectivity index (χ0) is 18.4. The van der Waals surface area contributed by atoms with Gasteiger partial charge in [-0.3, -0.25) is 4.79 Å². The van der Waals surface area contributed by atoms with Gasteiger partial charge in [0, 0.05) is 13.1 Å². The summed E-state index contributed by atoms with van der Waals surface area (Å²) in [6.45, 7) is 12.9. The van der Waals surface area contributed by atoms with E-state index >= 15 is 0 Å². The van der Waals surface area contributed by atoms with Gasteiger partial charge in [-0.05, 0) is 41.5 Å². The third-order valence-electron chi connectivity index (χ3n) is 4.07. The first-order valence-electron chi connectivity index (χ1n) is 8.43. The molecular weight excluding hydrogens is 322 g/mol. The highest BCUT2D eigenvalue weighted by Crippen LogP contribution is 2.25. The molecule has 0 atom stereocenters. The Morgan fingerprint density at radius 2 is 1.92 bits per heavy atom. The standard InChI is InChI=1S/C17H25N5O3/c1-10-15(25-14(18-10)9-24-17(4,5)6)16(23)21-7-13(8-21)22-12(3)19-11(2)20-22/h13H,7-9H2,1-6H3. The van der Waals surface area contributed by atoms with E-state index in [2.05, 4.69) is 15.1 Å². The average Bonchev–Trinajstić information content (AvgIpc) is 2.97. The van der Waals surface area contributed by atoms with E-state index in [1.807, 2.05) is 39.3 Å². The van der Waals surface area contributed by atoms with Crippen LogP contribution in [0, 0.1) is 20.8 Å². The topological polar surface area (TPSA) is 86.3 Å². The van der Waals surface area contributed by atoms with Gasteiger partial charge in [0.05, 0.1) is 17.3 Å². The van der Waals surface area contributed by atoms with Gasteiger partial charge >= 0.3 is 0 Å². The molecule has 1 amide bonds. The maximum absolute atomic E-state index is 12.6. The van der Waals surface area contributed by atoms with Crippen LogP contribution in [0.1, 0.15) is 60.6 Å². The second-order valence-electron chi connectivity index (χ2n) is 7.44. The molecule has 1 fully saturated rings. The fourth-order valence-corrected chi connectivity index (χ4v) is 2.79. The lowest BCUT2D eigenvalue weighted by Crippen LogP contribution is -2.51. The molecule has 25 heavy (non-hydrogen) atoms. The van der Waals surface area contributed by atoms with E-state index in [4.69, 9.17) is 9.15 Å². The predicted molar refractivity (Wildman–Crippen MR) is 90.2 cm³/mol. The van der Waals surface area contributed by atoms with Crippen LogP contribution in [0.5, 0.6) is 0 Å². The molecule has 8 heteroatoms. The molecule has 0 spiro atoms. The lowest BCUT2D eigenvalue weighted by atomic mass is 10.1.